The number of alkyl halides is 3. The summed E-state index contributed by atoms with van der Waals surface area (Å²) in [6.45, 7) is 3.96. The van der Waals surface area contributed by atoms with Crippen LogP contribution in [-0.4, -0.2) is 38.9 Å². The third kappa shape index (κ3) is 5.46. The molecule has 6 nitrogen and oxygen atoms in total. The van der Waals surface area contributed by atoms with Gasteiger partial charge in [-0.15, -0.1) is 13.2 Å². The van der Waals surface area contributed by atoms with E-state index in [-0.39, 0.29) is 5.75 Å². The van der Waals surface area contributed by atoms with Crippen molar-refractivity contribution < 1.29 is 22.3 Å². The summed E-state index contributed by atoms with van der Waals surface area (Å²) in [6.07, 6.45) is 3.42. The average molecular weight is 480 g/mol. The maximum atomic E-state index is 12.5. The molecule has 0 aliphatic carbocycles. The van der Waals surface area contributed by atoms with Gasteiger partial charge in [-0.3, -0.25) is 4.90 Å². The van der Waals surface area contributed by atoms with Gasteiger partial charge in [0.1, 0.15) is 11.5 Å². The molecule has 2 aromatic carbocycles. The molecule has 0 N–H and O–H groups in total. The number of imidazole rings is 1. The lowest BCUT2D eigenvalue weighted by molar-refractivity contribution is -0.274. The van der Waals surface area contributed by atoms with Gasteiger partial charge >= 0.3 is 6.36 Å². The van der Waals surface area contributed by atoms with Crippen molar-refractivity contribution in [1.29, 1.82) is 0 Å². The molecule has 0 atom stereocenters. The summed E-state index contributed by atoms with van der Waals surface area (Å²) in [5, 5.41) is 0. The Morgan fingerprint density at radius 1 is 1.09 bits per heavy atom. The molecule has 2 aromatic heterocycles. The Kier molecular flexibility index (Phi) is 6.17. The predicted molar refractivity (Wildman–Crippen MR) is 125 cm³/mol. The normalized spacial score (nSPS) is 14.7. The van der Waals surface area contributed by atoms with Crippen LogP contribution in [0.1, 0.15) is 23.4 Å². The number of benzene rings is 2. The minimum Gasteiger partial charge on any atom is -0.441 e. The Bertz CT molecular complexity index is 1330. The molecule has 0 bridgehead atoms. The summed E-state index contributed by atoms with van der Waals surface area (Å²) in [5.41, 5.74) is 4.51. The second-order valence-electron chi connectivity index (χ2n) is 8.33. The van der Waals surface area contributed by atoms with Crippen LogP contribution in [0.3, 0.4) is 0 Å². The van der Waals surface area contributed by atoms with Crippen LogP contribution in [0.2, 0.25) is 0 Å². The molecule has 1 aliphatic rings. The summed E-state index contributed by atoms with van der Waals surface area (Å²) in [4.78, 5) is 11.0. The Balaban J connectivity index is 1.24. The first-order valence-corrected chi connectivity index (χ1v) is 11.2. The van der Waals surface area contributed by atoms with Gasteiger partial charge < -0.3 is 13.7 Å². The van der Waals surface area contributed by atoms with Gasteiger partial charge in [-0.25, -0.2) is 9.97 Å². The highest BCUT2D eigenvalue weighted by molar-refractivity contribution is 5.67. The van der Waals surface area contributed by atoms with Gasteiger partial charge in [0.2, 0.25) is 5.89 Å². The SMILES string of the molecule is Cc1oc(-c2ccc(-n3ccnc3)cc2)nc1CN1CC=C(c2cccc(OC(F)(F)F)c2)CC1. The molecule has 0 unspecified atom stereocenters. The Morgan fingerprint density at radius 2 is 1.91 bits per heavy atom. The lowest BCUT2D eigenvalue weighted by Gasteiger charge is -2.26. The highest BCUT2D eigenvalue weighted by Crippen LogP contribution is 2.30. The van der Waals surface area contributed by atoms with E-state index in [2.05, 4.69) is 14.6 Å². The van der Waals surface area contributed by atoms with Crippen LogP contribution in [0, 0.1) is 6.92 Å². The lowest BCUT2D eigenvalue weighted by atomic mass is 9.99. The summed E-state index contributed by atoms with van der Waals surface area (Å²) in [5.74, 6) is 1.14. The van der Waals surface area contributed by atoms with Crippen molar-refractivity contribution in [2.45, 2.75) is 26.3 Å². The van der Waals surface area contributed by atoms with E-state index in [4.69, 9.17) is 9.40 Å². The Hall–Kier alpha value is -3.85. The van der Waals surface area contributed by atoms with Gasteiger partial charge in [0, 0.05) is 43.3 Å². The second kappa shape index (κ2) is 9.42. The number of nitrogens with zero attached hydrogens (tertiary/aromatic N) is 4. The molecular weight excluding hydrogens is 457 g/mol. The van der Waals surface area contributed by atoms with Crippen molar-refractivity contribution in [1.82, 2.24) is 19.4 Å². The Morgan fingerprint density at radius 3 is 2.60 bits per heavy atom. The quantitative estimate of drug-likeness (QED) is 0.338. The largest absolute Gasteiger partial charge is 0.573 e. The molecule has 5 rings (SSSR count). The predicted octanol–water partition coefficient (Wildman–Crippen LogP) is 6.02. The van der Waals surface area contributed by atoms with Gasteiger partial charge in [-0.2, -0.15) is 0 Å². The van der Waals surface area contributed by atoms with Gasteiger partial charge in [-0.1, -0.05) is 18.2 Å². The van der Waals surface area contributed by atoms with Crippen LogP contribution in [0.15, 0.2) is 77.7 Å². The van der Waals surface area contributed by atoms with E-state index in [1.54, 1.807) is 24.7 Å². The van der Waals surface area contributed by atoms with Crippen molar-refractivity contribution in [3.63, 3.8) is 0 Å². The maximum absolute atomic E-state index is 12.5. The first-order valence-electron chi connectivity index (χ1n) is 11.2. The first-order chi connectivity index (χ1) is 16.8. The topological polar surface area (TPSA) is 56.3 Å². The van der Waals surface area contributed by atoms with E-state index in [9.17, 15) is 13.2 Å². The highest BCUT2D eigenvalue weighted by atomic mass is 19.4. The molecule has 0 spiro atoms. The van der Waals surface area contributed by atoms with Gasteiger partial charge in [0.15, 0.2) is 0 Å². The summed E-state index contributed by atoms with van der Waals surface area (Å²) < 4.78 is 49.5. The van der Waals surface area contributed by atoms with Crippen molar-refractivity contribution in [2.24, 2.45) is 0 Å². The van der Waals surface area contributed by atoms with E-state index < -0.39 is 6.36 Å². The van der Waals surface area contributed by atoms with E-state index in [0.717, 1.165) is 46.8 Å². The molecule has 0 saturated heterocycles. The minimum absolute atomic E-state index is 0.206. The van der Waals surface area contributed by atoms with Crippen LogP contribution < -0.4 is 4.74 Å². The van der Waals surface area contributed by atoms with Crippen molar-refractivity contribution in [2.75, 3.05) is 13.1 Å². The van der Waals surface area contributed by atoms with E-state index in [1.807, 2.05) is 48.0 Å². The van der Waals surface area contributed by atoms with Crippen LogP contribution in [0.5, 0.6) is 5.75 Å². The van der Waals surface area contributed by atoms with E-state index in [0.29, 0.717) is 19.0 Å². The molecule has 0 amide bonds. The van der Waals surface area contributed by atoms with E-state index >= 15 is 0 Å². The number of hydrogen-bond donors (Lipinski definition) is 0. The molecule has 180 valence electrons. The molecule has 0 fully saturated rings. The number of rotatable bonds is 6. The summed E-state index contributed by atoms with van der Waals surface area (Å²) in [7, 11) is 0. The zero-order chi connectivity index (χ0) is 24.4. The monoisotopic (exact) mass is 480 g/mol. The molecule has 0 radical (unpaired) electrons. The molecule has 3 heterocycles. The second-order valence-corrected chi connectivity index (χ2v) is 8.33. The highest BCUT2D eigenvalue weighted by Gasteiger charge is 2.31. The number of halogens is 3. The van der Waals surface area contributed by atoms with Crippen LogP contribution in [0.25, 0.3) is 22.7 Å². The third-order valence-electron chi connectivity index (χ3n) is 5.91. The smallest absolute Gasteiger partial charge is 0.441 e. The van der Waals surface area contributed by atoms with Gasteiger partial charge in [0.25, 0.3) is 0 Å². The number of ether oxygens (including phenoxy) is 1. The standard InChI is InChI=1S/C26H23F3N4O2/c1-18-24(31-25(34-18)20-5-7-22(8-6-20)33-14-11-30-17-33)16-32-12-9-19(10-13-32)21-3-2-4-23(15-21)35-26(27,28)29/h2-9,11,14-15,17H,10,12-13,16H2,1H3. The van der Waals surface area contributed by atoms with Crippen LogP contribution >= 0.6 is 0 Å². The molecule has 1 aliphatic heterocycles. The molecular formula is C26H23F3N4O2. The van der Waals surface area contributed by atoms with Gasteiger partial charge in [0.05, 0.1) is 12.0 Å². The van der Waals surface area contributed by atoms with E-state index in [1.165, 1.54) is 12.1 Å². The fraction of sp³-hybridized carbons (Fsp3) is 0.231. The molecule has 0 saturated carbocycles. The fourth-order valence-electron chi connectivity index (χ4n) is 4.11. The summed E-state index contributed by atoms with van der Waals surface area (Å²) in [6, 6.07) is 14.0. The molecule has 4 aromatic rings. The van der Waals surface area contributed by atoms with Crippen LogP contribution in [0.4, 0.5) is 13.2 Å². The average Bonchev–Trinajstić information content (AvgIpc) is 3.49. The number of aromatic nitrogens is 3. The van der Waals surface area contributed by atoms with Crippen molar-refractivity contribution in [3.8, 4) is 22.9 Å². The first kappa shape index (κ1) is 22.9. The number of oxazole rings is 1. The number of hydrogen-bond acceptors (Lipinski definition) is 5. The van der Waals surface area contributed by atoms with Crippen molar-refractivity contribution in [3.05, 3.63) is 90.3 Å². The minimum atomic E-state index is -4.70. The zero-order valence-electron chi connectivity index (χ0n) is 19.0. The lowest BCUT2D eigenvalue weighted by Crippen LogP contribution is -2.28. The van der Waals surface area contributed by atoms with Crippen molar-refractivity contribution >= 4 is 5.57 Å². The molecule has 35 heavy (non-hydrogen) atoms. The molecule has 9 heteroatoms. The number of aryl methyl sites for hydroxylation is 1. The zero-order valence-corrected chi connectivity index (χ0v) is 19.0. The van der Waals surface area contributed by atoms with Crippen LogP contribution in [-0.2, 0) is 6.54 Å². The summed E-state index contributed by atoms with van der Waals surface area (Å²) >= 11 is 0. The third-order valence-corrected chi connectivity index (χ3v) is 5.91. The van der Waals surface area contributed by atoms with Gasteiger partial charge in [-0.05, 0) is 60.9 Å². The fourth-order valence-corrected chi connectivity index (χ4v) is 4.11. The maximum Gasteiger partial charge on any atom is 0.573 e. The Labute approximate surface area is 200 Å².